The Bertz CT molecular complexity index is 875. The van der Waals surface area contributed by atoms with Crippen LogP contribution in [0.4, 0.5) is 5.69 Å². The van der Waals surface area contributed by atoms with Crippen LogP contribution in [0.15, 0.2) is 60.9 Å². The first-order valence-corrected chi connectivity index (χ1v) is 7.38. The predicted octanol–water partition coefficient (Wildman–Crippen LogP) is 3.73. The van der Waals surface area contributed by atoms with Crippen molar-refractivity contribution in [3.63, 3.8) is 0 Å². The van der Waals surface area contributed by atoms with Crippen LogP contribution >= 0.6 is 11.3 Å². The van der Waals surface area contributed by atoms with Gasteiger partial charge in [0.2, 0.25) is 0 Å². The van der Waals surface area contributed by atoms with Crippen molar-refractivity contribution >= 4 is 27.1 Å². The van der Waals surface area contributed by atoms with Crippen LogP contribution in [0.25, 0.3) is 26.5 Å². The van der Waals surface area contributed by atoms with Crippen LogP contribution in [-0.4, -0.2) is 14.8 Å². The lowest BCUT2D eigenvalue weighted by atomic mass is 10.2. The Hall–Kier alpha value is -2.66. The quantitative estimate of drug-likeness (QED) is 0.612. The average Bonchev–Trinajstić information content (AvgIpc) is 3.11. The van der Waals surface area contributed by atoms with E-state index in [1.54, 1.807) is 22.2 Å². The number of rotatable bonds is 2. The lowest BCUT2D eigenvalue weighted by molar-refractivity contribution is 0.851. The van der Waals surface area contributed by atoms with Gasteiger partial charge in [0.15, 0.2) is 5.82 Å². The second-order valence-corrected chi connectivity index (χ2v) is 5.80. The van der Waals surface area contributed by atoms with Crippen molar-refractivity contribution in [3.05, 3.63) is 60.9 Å². The van der Waals surface area contributed by atoms with Crippen LogP contribution in [-0.2, 0) is 0 Å². The number of pyridine rings is 1. The van der Waals surface area contributed by atoms with Gasteiger partial charge in [-0.25, -0.2) is 9.67 Å². The summed E-state index contributed by atoms with van der Waals surface area (Å²) in [5, 5.41) is 5.80. The van der Waals surface area contributed by atoms with Crippen LogP contribution in [0.1, 0.15) is 0 Å². The van der Waals surface area contributed by atoms with Gasteiger partial charge in [-0.1, -0.05) is 24.3 Å². The number of anilines is 1. The molecule has 0 amide bonds. The topological polar surface area (TPSA) is 56.7 Å². The third-order valence-corrected chi connectivity index (χ3v) is 4.41. The molecule has 0 saturated heterocycles. The maximum atomic E-state index is 6.13. The van der Waals surface area contributed by atoms with E-state index in [4.69, 9.17) is 5.73 Å². The molecule has 0 spiro atoms. The fraction of sp³-hybridized carbons (Fsp3) is 0. The third kappa shape index (κ3) is 2.08. The normalized spacial score (nSPS) is 11.0. The van der Waals surface area contributed by atoms with Gasteiger partial charge in [-0.2, -0.15) is 5.10 Å². The van der Waals surface area contributed by atoms with E-state index in [2.05, 4.69) is 28.3 Å². The van der Waals surface area contributed by atoms with Crippen molar-refractivity contribution in [1.29, 1.82) is 0 Å². The Balaban J connectivity index is 1.84. The second kappa shape index (κ2) is 4.71. The molecule has 0 unspecified atom stereocenters. The summed E-state index contributed by atoms with van der Waals surface area (Å²) in [5.74, 6) is 0.761. The molecule has 0 aliphatic heterocycles. The van der Waals surface area contributed by atoms with Gasteiger partial charge in [-0.05, 0) is 29.7 Å². The number of hydrogen-bond acceptors (Lipinski definition) is 4. The molecule has 4 nitrogen and oxygen atoms in total. The molecule has 0 bridgehead atoms. The summed E-state index contributed by atoms with van der Waals surface area (Å²) in [6.45, 7) is 0. The molecule has 1 aromatic carbocycles. The zero-order valence-electron chi connectivity index (χ0n) is 11.1. The van der Waals surface area contributed by atoms with Crippen molar-refractivity contribution in [2.24, 2.45) is 0 Å². The molecule has 3 heterocycles. The number of thiophene rings is 1. The van der Waals surface area contributed by atoms with E-state index < -0.39 is 0 Å². The highest BCUT2D eigenvalue weighted by Crippen LogP contribution is 2.35. The summed E-state index contributed by atoms with van der Waals surface area (Å²) in [7, 11) is 0. The van der Waals surface area contributed by atoms with Gasteiger partial charge in [-0.15, -0.1) is 11.3 Å². The summed E-state index contributed by atoms with van der Waals surface area (Å²) >= 11 is 1.70. The fourth-order valence-corrected chi connectivity index (χ4v) is 3.35. The van der Waals surface area contributed by atoms with Crippen LogP contribution in [0.5, 0.6) is 0 Å². The first-order valence-electron chi connectivity index (χ1n) is 6.57. The number of nitrogens with two attached hydrogens (primary N) is 1. The molecule has 0 fully saturated rings. The number of nitrogen functional groups attached to an aromatic ring is 1. The summed E-state index contributed by atoms with van der Waals surface area (Å²) in [6, 6.07) is 16.1. The number of benzene rings is 1. The maximum absolute atomic E-state index is 6.13. The smallest absolute Gasteiger partial charge is 0.153 e. The van der Waals surface area contributed by atoms with Gasteiger partial charge in [0.25, 0.3) is 0 Å². The van der Waals surface area contributed by atoms with Crippen molar-refractivity contribution in [1.82, 2.24) is 14.8 Å². The Kier molecular flexibility index (Phi) is 2.72. The molecule has 0 saturated carbocycles. The van der Waals surface area contributed by atoms with Gasteiger partial charge in [0, 0.05) is 10.9 Å². The number of fused-ring (bicyclic) bond motifs is 1. The van der Waals surface area contributed by atoms with Crippen molar-refractivity contribution in [2.75, 3.05) is 5.73 Å². The van der Waals surface area contributed by atoms with E-state index in [1.807, 2.05) is 36.5 Å². The van der Waals surface area contributed by atoms with E-state index in [9.17, 15) is 0 Å². The van der Waals surface area contributed by atoms with E-state index in [0.717, 1.165) is 16.4 Å². The van der Waals surface area contributed by atoms with E-state index in [0.29, 0.717) is 5.69 Å². The van der Waals surface area contributed by atoms with E-state index in [-0.39, 0.29) is 0 Å². The molecule has 5 heteroatoms. The van der Waals surface area contributed by atoms with Crippen molar-refractivity contribution < 1.29 is 0 Å². The highest BCUT2D eigenvalue weighted by Gasteiger charge is 2.12. The molecular formula is C16H12N4S. The zero-order valence-corrected chi connectivity index (χ0v) is 11.9. The van der Waals surface area contributed by atoms with Gasteiger partial charge >= 0.3 is 0 Å². The Morgan fingerprint density at radius 1 is 1.05 bits per heavy atom. The molecule has 4 aromatic rings. The number of hydrogen-bond donors (Lipinski definition) is 1. The molecule has 21 heavy (non-hydrogen) atoms. The minimum Gasteiger partial charge on any atom is -0.396 e. The number of aromatic nitrogens is 3. The Morgan fingerprint density at radius 3 is 2.71 bits per heavy atom. The van der Waals surface area contributed by atoms with Gasteiger partial charge in [0.05, 0.1) is 16.8 Å². The van der Waals surface area contributed by atoms with Crippen LogP contribution in [0, 0.1) is 0 Å². The summed E-state index contributed by atoms with van der Waals surface area (Å²) in [4.78, 5) is 5.36. The molecule has 0 atom stereocenters. The average molecular weight is 292 g/mol. The van der Waals surface area contributed by atoms with Crippen LogP contribution in [0.2, 0.25) is 0 Å². The second-order valence-electron chi connectivity index (χ2n) is 4.71. The molecular weight excluding hydrogens is 280 g/mol. The minimum atomic E-state index is 0.659. The number of nitrogens with zero attached hydrogens (tertiary/aromatic N) is 3. The predicted molar refractivity (Wildman–Crippen MR) is 86.6 cm³/mol. The summed E-state index contributed by atoms with van der Waals surface area (Å²) in [6.07, 6.45) is 3.55. The van der Waals surface area contributed by atoms with Gasteiger partial charge in [0.1, 0.15) is 5.69 Å². The summed E-state index contributed by atoms with van der Waals surface area (Å²) in [5.41, 5.74) is 7.59. The minimum absolute atomic E-state index is 0.659. The molecule has 0 aliphatic rings. The standard InChI is InChI=1S/C16H12N4S/c17-12-10-20(15-7-3-4-8-18-15)19-16(12)14-9-11-5-1-2-6-13(11)21-14/h1-10H,17H2. The lowest BCUT2D eigenvalue weighted by Gasteiger charge is -1.97. The highest BCUT2D eigenvalue weighted by molar-refractivity contribution is 7.22. The molecule has 0 radical (unpaired) electrons. The zero-order chi connectivity index (χ0) is 14.2. The highest BCUT2D eigenvalue weighted by atomic mass is 32.1. The fourth-order valence-electron chi connectivity index (χ4n) is 2.28. The Labute approximate surface area is 125 Å². The first kappa shape index (κ1) is 12.1. The van der Waals surface area contributed by atoms with Crippen LogP contribution in [0.3, 0.4) is 0 Å². The van der Waals surface area contributed by atoms with Crippen molar-refractivity contribution in [2.45, 2.75) is 0 Å². The van der Waals surface area contributed by atoms with Crippen molar-refractivity contribution in [3.8, 4) is 16.4 Å². The molecule has 4 rings (SSSR count). The van der Waals surface area contributed by atoms with Gasteiger partial charge in [-0.3, -0.25) is 0 Å². The molecule has 0 aliphatic carbocycles. The molecule has 3 aromatic heterocycles. The SMILES string of the molecule is Nc1cn(-c2ccccn2)nc1-c1cc2ccccc2s1. The summed E-state index contributed by atoms with van der Waals surface area (Å²) < 4.78 is 2.95. The monoisotopic (exact) mass is 292 g/mol. The first-order chi connectivity index (χ1) is 10.3. The largest absolute Gasteiger partial charge is 0.396 e. The van der Waals surface area contributed by atoms with Crippen LogP contribution < -0.4 is 5.73 Å². The molecule has 102 valence electrons. The maximum Gasteiger partial charge on any atom is 0.153 e. The van der Waals surface area contributed by atoms with E-state index in [1.165, 1.54) is 10.1 Å². The van der Waals surface area contributed by atoms with Gasteiger partial charge < -0.3 is 5.73 Å². The lowest BCUT2D eigenvalue weighted by Crippen LogP contribution is -1.96. The molecule has 2 N–H and O–H groups in total. The third-order valence-electron chi connectivity index (χ3n) is 3.29. The Morgan fingerprint density at radius 2 is 1.90 bits per heavy atom. The van der Waals surface area contributed by atoms with E-state index >= 15 is 0 Å².